The molecule has 31 heavy (non-hydrogen) atoms. The molecule has 0 aliphatic carbocycles. The summed E-state index contributed by atoms with van der Waals surface area (Å²) in [6.45, 7) is 2.12. The predicted molar refractivity (Wildman–Crippen MR) is 117 cm³/mol. The van der Waals surface area contributed by atoms with Gasteiger partial charge in [-0.05, 0) is 47.9 Å². The van der Waals surface area contributed by atoms with Crippen molar-refractivity contribution in [1.29, 1.82) is 0 Å². The second-order valence-electron chi connectivity index (χ2n) is 7.80. The van der Waals surface area contributed by atoms with Crippen LogP contribution in [0, 0.1) is 5.82 Å². The average Bonchev–Trinajstić information content (AvgIpc) is 2.73. The summed E-state index contributed by atoms with van der Waals surface area (Å²) in [4.78, 5) is 41.0. The number of fused-ring (bicyclic) bond motifs is 1. The molecule has 2 aromatic carbocycles. The van der Waals surface area contributed by atoms with Crippen molar-refractivity contribution < 1.29 is 18.8 Å². The minimum Gasteiger partial charge on any atom is -0.347 e. The summed E-state index contributed by atoms with van der Waals surface area (Å²) in [5.41, 5.74) is 2.64. The van der Waals surface area contributed by atoms with Crippen LogP contribution < -0.4 is 5.32 Å². The van der Waals surface area contributed by atoms with Crippen LogP contribution in [0.3, 0.4) is 0 Å². The van der Waals surface area contributed by atoms with Gasteiger partial charge in [0.05, 0.1) is 5.02 Å². The van der Waals surface area contributed by atoms with E-state index in [0.717, 1.165) is 23.6 Å². The zero-order chi connectivity index (χ0) is 22.7. The van der Waals surface area contributed by atoms with E-state index < -0.39 is 17.8 Å². The van der Waals surface area contributed by atoms with E-state index in [9.17, 15) is 18.8 Å². The number of halogens is 2. The largest absolute Gasteiger partial charge is 0.347 e. The fourth-order valence-corrected chi connectivity index (χ4v) is 3.82. The highest BCUT2D eigenvalue weighted by Gasteiger charge is 2.36. The summed E-state index contributed by atoms with van der Waals surface area (Å²) in [6.07, 6.45) is 1.51. The van der Waals surface area contributed by atoms with Crippen LogP contribution in [0.1, 0.15) is 41.3 Å². The highest BCUT2D eigenvalue weighted by Crippen LogP contribution is 2.29. The molecule has 1 atom stereocenters. The number of likely N-dealkylation sites (N-methyl/N-ethyl adjacent to an activating group) is 1. The van der Waals surface area contributed by atoms with E-state index in [4.69, 9.17) is 11.6 Å². The highest BCUT2D eigenvalue weighted by atomic mass is 35.5. The molecule has 6 nitrogen and oxygen atoms in total. The van der Waals surface area contributed by atoms with Gasteiger partial charge in [-0.1, -0.05) is 24.6 Å². The molecule has 164 valence electrons. The van der Waals surface area contributed by atoms with Crippen LogP contribution in [-0.2, 0) is 22.6 Å². The molecule has 0 saturated heterocycles. The molecule has 0 bridgehead atoms. The fraction of sp³-hybridized carbons (Fsp3) is 0.348. The Labute approximate surface area is 186 Å². The molecule has 1 aliphatic heterocycles. The number of carbonyl (C=O) groups is 3. The van der Waals surface area contributed by atoms with Crippen LogP contribution in [0.25, 0.3) is 0 Å². The molecule has 0 aromatic heterocycles. The molecule has 3 rings (SSSR count). The van der Waals surface area contributed by atoms with E-state index >= 15 is 0 Å². The summed E-state index contributed by atoms with van der Waals surface area (Å²) in [7, 11) is 3.28. The number of hydrogen-bond donors (Lipinski definition) is 1. The maximum atomic E-state index is 13.6. The van der Waals surface area contributed by atoms with Gasteiger partial charge in [-0.3, -0.25) is 14.4 Å². The number of hydrogen-bond acceptors (Lipinski definition) is 3. The van der Waals surface area contributed by atoms with Crippen LogP contribution >= 0.6 is 11.6 Å². The van der Waals surface area contributed by atoms with E-state index in [2.05, 4.69) is 5.32 Å². The van der Waals surface area contributed by atoms with Crippen molar-refractivity contribution in [1.82, 2.24) is 9.80 Å². The Bertz CT molecular complexity index is 1030. The van der Waals surface area contributed by atoms with Crippen molar-refractivity contribution in [3.63, 3.8) is 0 Å². The molecule has 8 heteroatoms. The average molecular weight is 446 g/mol. The van der Waals surface area contributed by atoms with Crippen molar-refractivity contribution in [3.8, 4) is 0 Å². The Balaban J connectivity index is 1.95. The quantitative estimate of drug-likeness (QED) is 0.759. The third kappa shape index (κ3) is 5.05. The highest BCUT2D eigenvalue weighted by molar-refractivity contribution is 6.31. The molecular formula is C23H25ClFN3O3. The smallest absolute Gasteiger partial charge is 0.254 e. The Morgan fingerprint density at radius 1 is 1.16 bits per heavy atom. The first-order valence-electron chi connectivity index (χ1n) is 10.1. The predicted octanol–water partition coefficient (Wildman–Crippen LogP) is 3.87. The molecule has 1 N–H and O–H groups in total. The van der Waals surface area contributed by atoms with Gasteiger partial charge in [0.25, 0.3) is 5.91 Å². The van der Waals surface area contributed by atoms with Crippen molar-refractivity contribution >= 4 is 35.0 Å². The molecule has 1 aliphatic rings. The van der Waals surface area contributed by atoms with Crippen molar-refractivity contribution in [2.75, 3.05) is 19.4 Å². The minimum absolute atomic E-state index is 0.0761. The first-order chi connectivity index (χ1) is 14.7. The van der Waals surface area contributed by atoms with Gasteiger partial charge in [0.15, 0.2) is 0 Å². The summed E-state index contributed by atoms with van der Waals surface area (Å²) < 4.78 is 13.6. The third-order valence-corrected chi connectivity index (χ3v) is 5.54. The molecule has 0 fully saturated rings. The lowest BCUT2D eigenvalue weighted by atomic mass is 9.92. The van der Waals surface area contributed by atoms with Gasteiger partial charge in [0.2, 0.25) is 11.8 Å². The zero-order valence-electron chi connectivity index (χ0n) is 17.7. The lowest BCUT2D eigenvalue weighted by molar-refractivity contribution is -0.134. The van der Waals surface area contributed by atoms with Gasteiger partial charge in [-0.2, -0.15) is 0 Å². The van der Waals surface area contributed by atoms with Gasteiger partial charge in [-0.25, -0.2) is 4.39 Å². The monoisotopic (exact) mass is 445 g/mol. The van der Waals surface area contributed by atoms with E-state index in [1.165, 1.54) is 21.9 Å². The van der Waals surface area contributed by atoms with Crippen LogP contribution in [0.5, 0.6) is 0 Å². The molecule has 1 heterocycles. The van der Waals surface area contributed by atoms with Gasteiger partial charge >= 0.3 is 0 Å². The first-order valence-corrected chi connectivity index (χ1v) is 10.5. The number of amides is 3. The number of anilines is 1. The number of carbonyl (C=O) groups excluding carboxylic acids is 3. The normalized spacial score (nSPS) is 15.3. The second kappa shape index (κ2) is 9.47. The number of nitrogens with zero attached hydrogens (tertiary/aromatic N) is 2. The van der Waals surface area contributed by atoms with Gasteiger partial charge < -0.3 is 15.1 Å². The molecule has 0 radical (unpaired) electrons. The number of rotatable bonds is 5. The first kappa shape index (κ1) is 22.7. The van der Waals surface area contributed by atoms with Crippen LogP contribution in [0.4, 0.5) is 10.1 Å². The molecule has 2 aromatic rings. The Morgan fingerprint density at radius 2 is 1.90 bits per heavy atom. The third-order valence-electron chi connectivity index (χ3n) is 5.25. The molecule has 0 saturated carbocycles. The molecular weight excluding hydrogens is 421 g/mol. The van der Waals surface area contributed by atoms with Crippen LogP contribution in [-0.4, -0.2) is 47.7 Å². The second-order valence-corrected chi connectivity index (χ2v) is 8.20. The van der Waals surface area contributed by atoms with E-state index in [1.807, 2.05) is 19.1 Å². The van der Waals surface area contributed by atoms with Crippen molar-refractivity contribution in [3.05, 3.63) is 63.9 Å². The van der Waals surface area contributed by atoms with Gasteiger partial charge in [-0.15, -0.1) is 0 Å². The zero-order valence-corrected chi connectivity index (χ0v) is 18.5. The van der Waals surface area contributed by atoms with Gasteiger partial charge in [0.1, 0.15) is 11.9 Å². The van der Waals surface area contributed by atoms with Crippen molar-refractivity contribution in [2.24, 2.45) is 0 Å². The summed E-state index contributed by atoms with van der Waals surface area (Å²) >= 11 is 5.86. The van der Waals surface area contributed by atoms with E-state index in [1.54, 1.807) is 20.2 Å². The lowest BCUT2D eigenvalue weighted by Gasteiger charge is -2.37. The molecule has 0 unspecified atom stereocenters. The van der Waals surface area contributed by atoms with Crippen LogP contribution in [0.15, 0.2) is 36.4 Å². The molecule has 3 amide bonds. The topological polar surface area (TPSA) is 69.7 Å². The van der Waals surface area contributed by atoms with Crippen LogP contribution in [0.2, 0.25) is 5.02 Å². The van der Waals surface area contributed by atoms with Gasteiger partial charge in [0, 0.05) is 44.7 Å². The van der Waals surface area contributed by atoms with E-state index in [0.29, 0.717) is 18.5 Å². The Morgan fingerprint density at radius 3 is 2.55 bits per heavy atom. The minimum atomic E-state index is -0.695. The molecule has 0 spiro atoms. The number of benzene rings is 2. The standard InChI is InChI=1S/C23H25ClFN3O3/c1-4-5-21(29)26-17-8-6-14-12-20(23(31)27(2)3)28(13-16(14)10-17)22(30)15-7-9-19(25)18(24)11-15/h6-11,20H,4-5,12-13H2,1-3H3,(H,26,29)/t20-/m0/s1. The summed E-state index contributed by atoms with van der Waals surface area (Å²) in [5, 5.41) is 2.70. The lowest BCUT2D eigenvalue weighted by Crippen LogP contribution is -2.52. The summed E-state index contributed by atoms with van der Waals surface area (Å²) in [6, 6.07) is 8.59. The Kier molecular flexibility index (Phi) is 6.95. The van der Waals surface area contributed by atoms with E-state index in [-0.39, 0.29) is 28.9 Å². The van der Waals surface area contributed by atoms with Crippen molar-refractivity contribution in [2.45, 2.75) is 38.8 Å². The number of nitrogens with one attached hydrogen (secondary N) is 1. The summed E-state index contributed by atoms with van der Waals surface area (Å²) in [5.74, 6) is -1.30. The fourth-order valence-electron chi connectivity index (χ4n) is 3.64. The SMILES string of the molecule is CCCC(=O)Nc1ccc2c(c1)CN(C(=O)c1ccc(F)c(Cl)c1)[C@H](C(=O)N(C)C)C2. The maximum Gasteiger partial charge on any atom is 0.254 e. The maximum absolute atomic E-state index is 13.6. The Hall–Kier alpha value is -2.93.